The Bertz CT molecular complexity index is 2700. The molecule has 0 bridgehead atoms. The van der Waals surface area contributed by atoms with Gasteiger partial charge in [0.15, 0.2) is 53.6 Å². The van der Waals surface area contributed by atoms with E-state index < -0.39 is 74.3 Å². The topological polar surface area (TPSA) is 310 Å². The van der Waals surface area contributed by atoms with Gasteiger partial charge >= 0.3 is 10.1 Å². The SMILES string of the molecule is O=C(CCCS(=O)O)NCCN=c1ccc2nc3c(Cl)c4c(c(Cl)c3oc-2c1S(=O)(=O)O)Nc1ccc(NCCNC(=O)CCCS(=O)(=O)CCCl)c(S(=O)(=O)O)c1O4. The number of ether oxygens (including phenoxy) is 1. The van der Waals surface area contributed by atoms with Gasteiger partial charge in [0.05, 0.1) is 34.8 Å². The normalized spacial score (nSPS) is 13.6. The van der Waals surface area contributed by atoms with Crippen LogP contribution in [0.4, 0.5) is 17.1 Å². The van der Waals surface area contributed by atoms with Crippen molar-refractivity contribution in [1.82, 2.24) is 15.6 Å². The molecule has 27 heteroatoms. The van der Waals surface area contributed by atoms with E-state index in [1.807, 2.05) is 0 Å². The number of hydrogen-bond acceptors (Lipinski definition) is 15. The number of aromatic nitrogens is 1. The van der Waals surface area contributed by atoms with Crippen LogP contribution in [-0.2, 0) is 50.7 Å². The van der Waals surface area contributed by atoms with Crippen LogP contribution in [0.2, 0.25) is 10.0 Å². The first kappa shape index (κ1) is 46.2. The summed E-state index contributed by atoms with van der Waals surface area (Å²) in [6, 6.07) is 5.19. The molecule has 0 fully saturated rings. The van der Waals surface area contributed by atoms with Gasteiger partial charge < -0.3 is 35.0 Å². The maximum atomic E-state index is 12.7. The first-order valence-electron chi connectivity index (χ1n) is 17.2. The van der Waals surface area contributed by atoms with E-state index in [2.05, 4.69) is 31.2 Å². The molecule has 5 rings (SSSR count). The fraction of sp³-hybridized carbons (Fsp3) is 0.375. The van der Waals surface area contributed by atoms with Crippen molar-refractivity contribution in [1.29, 1.82) is 0 Å². The summed E-state index contributed by atoms with van der Waals surface area (Å²) in [4.78, 5) is 31.3. The molecule has 0 aromatic heterocycles. The number of fused-ring (bicyclic) bond motifs is 4. The Morgan fingerprint density at radius 1 is 0.864 bits per heavy atom. The molecule has 1 unspecified atom stereocenters. The molecule has 2 aromatic rings. The van der Waals surface area contributed by atoms with Crippen molar-refractivity contribution in [2.24, 2.45) is 4.99 Å². The number of alkyl halides is 1. The van der Waals surface area contributed by atoms with Crippen LogP contribution in [0.15, 0.2) is 43.5 Å². The van der Waals surface area contributed by atoms with Gasteiger partial charge in [-0.25, -0.2) is 17.6 Å². The predicted molar refractivity (Wildman–Crippen MR) is 218 cm³/mol. The van der Waals surface area contributed by atoms with Crippen LogP contribution < -0.4 is 31.4 Å². The van der Waals surface area contributed by atoms with Gasteiger partial charge in [-0.2, -0.15) is 16.8 Å². The van der Waals surface area contributed by atoms with Gasteiger partial charge in [-0.15, -0.1) is 11.6 Å². The van der Waals surface area contributed by atoms with Crippen molar-refractivity contribution in [3.05, 3.63) is 39.7 Å². The van der Waals surface area contributed by atoms with Gasteiger partial charge in [0.1, 0.15) is 26.9 Å². The molecular formula is C32H35Cl3N6O14S4. The standard InChI is InChI=1S/C32H35Cl3N6O14S4/c33-9-16-57(46,47)15-2-4-22(43)39-13-11-37-20-8-6-18-28(32(20)59(51,52)53)55-30-24(35)25-29(23(34)26(30)41-18)54-27-17(40-25)5-7-19(31(27)58(48,49)50)36-10-12-38-21(42)3-1-14-56(44)45/h5-8,37,41H,1-4,9-16H2,(H,38,42)(H,39,43)(H,44,45)(H,48,49,50)(H,51,52,53). The largest absolute Gasteiger partial charge is 0.450 e. The van der Waals surface area contributed by atoms with E-state index in [1.54, 1.807) is 0 Å². The molecule has 2 amide bonds. The fourth-order valence-electron chi connectivity index (χ4n) is 5.73. The zero-order valence-electron chi connectivity index (χ0n) is 30.3. The van der Waals surface area contributed by atoms with E-state index in [0.29, 0.717) is 0 Å². The predicted octanol–water partition coefficient (Wildman–Crippen LogP) is 3.56. The molecule has 1 atom stereocenters. The lowest BCUT2D eigenvalue weighted by Gasteiger charge is -2.27. The minimum atomic E-state index is -5.04. The number of amides is 2. The van der Waals surface area contributed by atoms with Crippen molar-refractivity contribution in [3.63, 3.8) is 0 Å². The van der Waals surface area contributed by atoms with Crippen LogP contribution in [0.5, 0.6) is 11.5 Å². The summed E-state index contributed by atoms with van der Waals surface area (Å²) < 4.78 is 126. The van der Waals surface area contributed by atoms with E-state index >= 15 is 0 Å². The first-order valence-corrected chi connectivity index (χ1v) is 24.5. The third kappa shape index (κ3) is 11.5. The summed E-state index contributed by atoms with van der Waals surface area (Å²) in [5, 5.41) is 10.0. The molecule has 2 heterocycles. The Morgan fingerprint density at radius 2 is 1.54 bits per heavy atom. The van der Waals surface area contributed by atoms with Crippen molar-refractivity contribution in [3.8, 4) is 23.0 Å². The highest BCUT2D eigenvalue weighted by molar-refractivity contribution is 7.91. The van der Waals surface area contributed by atoms with Crippen molar-refractivity contribution < 1.29 is 61.9 Å². The van der Waals surface area contributed by atoms with Gasteiger partial charge in [0.25, 0.3) is 10.1 Å². The van der Waals surface area contributed by atoms with Crippen LogP contribution in [-0.4, -0.2) is 109 Å². The quantitative estimate of drug-likeness (QED) is 0.0205. The number of hydrogen-bond donors (Lipinski definition) is 7. The molecular weight excluding hydrogens is 927 g/mol. The average Bonchev–Trinajstić information content (AvgIpc) is 3.14. The monoisotopic (exact) mass is 960 g/mol. The third-order valence-corrected chi connectivity index (χ3v) is 13.6. The maximum Gasteiger partial charge on any atom is 0.300 e. The van der Waals surface area contributed by atoms with Crippen LogP contribution in [0.25, 0.3) is 22.6 Å². The van der Waals surface area contributed by atoms with Gasteiger partial charge in [-0.05, 0) is 37.1 Å². The number of rotatable bonds is 19. The lowest BCUT2D eigenvalue weighted by Crippen LogP contribution is -2.29. The van der Waals surface area contributed by atoms with Crippen LogP contribution in [0.1, 0.15) is 25.7 Å². The molecule has 20 nitrogen and oxygen atoms in total. The lowest BCUT2D eigenvalue weighted by molar-refractivity contribution is -0.121. The molecule has 2 aromatic carbocycles. The van der Waals surface area contributed by atoms with Crippen molar-refractivity contribution in [2.75, 3.05) is 60.0 Å². The lowest BCUT2D eigenvalue weighted by atomic mass is 10.1. The highest BCUT2D eigenvalue weighted by Crippen LogP contribution is 2.55. The number of benzene rings is 3. The van der Waals surface area contributed by atoms with Gasteiger partial charge in [-0.1, -0.05) is 23.2 Å². The molecule has 0 saturated heterocycles. The Morgan fingerprint density at radius 3 is 2.20 bits per heavy atom. The minimum absolute atomic E-state index is 0.0147. The maximum absolute atomic E-state index is 12.7. The minimum Gasteiger partial charge on any atom is -0.450 e. The Labute approximate surface area is 354 Å². The second-order valence-electron chi connectivity index (χ2n) is 12.6. The fourth-order valence-corrected chi connectivity index (χ4v) is 9.95. The molecule has 0 spiro atoms. The number of sulfone groups is 1. The molecule has 7 N–H and O–H groups in total. The van der Waals surface area contributed by atoms with Crippen LogP contribution in [0, 0.1) is 0 Å². The zero-order valence-corrected chi connectivity index (χ0v) is 35.8. The molecule has 2 aliphatic heterocycles. The number of nitrogens with one attached hydrogen (secondary N) is 4. The van der Waals surface area contributed by atoms with Crippen LogP contribution in [0.3, 0.4) is 0 Å². The Kier molecular flexibility index (Phi) is 15.1. The molecule has 59 heavy (non-hydrogen) atoms. The summed E-state index contributed by atoms with van der Waals surface area (Å²) in [5.41, 5.74) is -0.825. The molecule has 0 saturated carbocycles. The zero-order chi connectivity index (χ0) is 43.3. The van der Waals surface area contributed by atoms with Crippen LogP contribution >= 0.6 is 34.8 Å². The second kappa shape index (κ2) is 19.2. The molecule has 0 radical (unpaired) electrons. The first-order chi connectivity index (χ1) is 27.7. The van der Waals surface area contributed by atoms with E-state index in [1.165, 1.54) is 24.3 Å². The Hall–Kier alpha value is -3.85. The number of halogens is 3. The summed E-state index contributed by atoms with van der Waals surface area (Å²) in [5.74, 6) is -2.53. The highest BCUT2D eigenvalue weighted by Gasteiger charge is 2.34. The van der Waals surface area contributed by atoms with Gasteiger partial charge in [0.2, 0.25) is 11.8 Å². The summed E-state index contributed by atoms with van der Waals surface area (Å²) >= 11 is 16.9. The second-order valence-corrected chi connectivity index (χ2v) is 19.8. The summed E-state index contributed by atoms with van der Waals surface area (Å²) in [6.07, 6.45) is 0.154. The summed E-state index contributed by atoms with van der Waals surface area (Å²) in [6.45, 7) is -0.232. The van der Waals surface area contributed by atoms with Crippen molar-refractivity contribution >= 4 is 116 Å². The van der Waals surface area contributed by atoms with E-state index in [4.69, 9.17) is 48.5 Å². The number of anilines is 3. The number of carbonyl (C=O) groups excluding carboxylic acids is 2. The number of nitrogens with zero attached hydrogens (tertiary/aromatic N) is 2. The van der Waals surface area contributed by atoms with Crippen molar-refractivity contribution in [2.45, 2.75) is 35.5 Å². The van der Waals surface area contributed by atoms with Gasteiger partial charge in [0, 0.05) is 44.1 Å². The molecule has 322 valence electrons. The smallest absolute Gasteiger partial charge is 0.300 e. The third-order valence-electron chi connectivity index (χ3n) is 8.32. The molecule has 3 aliphatic rings. The summed E-state index contributed by atoms with van der Waals surface area (Å²) in [7, 11) is -13.4. The molecule has 1 aliphatic carbocycles. The van der Waals surface area contributed by atoms with E-state index in [-0.39, 0.29) is 130 Å². The van der Waals surface area contributed by atoms with Gasteiger partial charge in [-0.3, -0.25) is 23.7 Å². The number of carbonyl (C=O) groups is 2. The van der Waals surface area contributed by atoms with E-state index in [0.717, 1.165) is 0 Å². The average molecular weight is 962 g/mol. The highest BCUT2D eigenvalue weighted by atomic mass is 35.5. The Balaban J connectivity index is 1.41. The van der Waals surface area contributed by atoms with E-state index in [9.17, 15) is 48.2 Å².